The third-order valence-electron chi connectivity index (χ3n) is 3.77. The van der Waals surface area contributed by atoms with E-state index in [-0.39, 0.29) is 6.04 Å². The van der Waals surface area contributed by atoms with Crippen molar-refractivity contribution in [2.75, 3.05) is 5.75 Å². The van der Waals surface area contributed by atoms with Crippen LogP contribution in [0.4, 0.5) is 0 Å². The lowest BCUT2D eigenvalue weighted by molar-refractivity contribution is 0.554. The van der Waals surface area contributed by atoms with Crippen molar-refractivity contribution in [3.8, 4) is 0 Å². The predicted octanol–water partition coefficient (Wildman–Crippen LogP) is 4.60. The second kappa shape index (κ2) is 6.33. The van der Waals surface area contributed by atoms with E-state index in [1.54, 1.807) is 0 Å². The highest BCUT2D eigenvalue weighted by Crippen LogP contribution is 2.41. The zero-order chi connectivity index (χ0) is 13.9. The van der Waals surface area contributed by atoms with Crippen LogP contribution in [0.25, 0.3) is 0 Å². The molecule has 20 heavy (non-hydrogen) atoms. The lowest BCUT2D eigenvalue weighted by atomic mass is 9.91. The Morgan fingerprint density at radius 3 is 2.90 bits per heavy atom. The fourth-order valence-electron chi connectivity index (χ4n) is 2.84. The molecule has 2 N–H and O–H groups in total. The van der Waals surface area contributed by atoms with Crippen LogP contribution in [-0.4, -0.2) is 11.8 Å². The topological polar surface area (TPSA) is 26.0 Å². The molecule has 3 heteroatoms. The summed E-state index contributed by atoms with van der Waals surface area (Å²) >= 11 is 5.48. The van der Waals surface area contributed by atoms with Crippen molar-refractivity contribution in [1.82, 2.24) is 0 Å². The van der Waals surface area contributed by atoms with E-state index < -0.39 is 0 Å². The maximum atomic E-state index is 6.37. The molecular formula is C17H18BrNS. The summed E-state index contributed by atoms with van der Waals surface area (Å²) in [6.45, 7) is 0. The van der Waals surface area contributed by atoms with Gasteiger partial charge in [0.15, 0.2) is 0 Å². The molecule has 2 atom stereocenters. The highest BCUT2D eigenvalue weighted by Gasteiger charge is 2.24. The second-order valence-electron chi connectivity index (χ2n) is 5.38. The predicted molar refractivity (Wildman–Crippen MR) is 90.3 cm³/mol. The normalized spacial score (nSPS) is 18.8. The largest absolute Gasteiger partial charge is 0.327 e. The summed E-state index contributed by atoms with van der Waals surface area (Å²) in [6.07, 6.45) is 2.01. The van der Waals surface area contributed by atoms with Crippen molar-refractivity contribution >= 4 is 27.7 Å². The van der Waals surface area contributed by atoms with Gasteiger partial charge in [-0.2, -0.15) is 0 Å². The number of thioether (sulfide) groups is 1. The average Bonchev–Trinajstić information content (AvgIpc) is 2.82. The highest BCUT2D eigenvalue weighted by atomic mass is 79.9. The first-order chi connectivity index (χ1) is 9.72. The van der Waals surface area contributed by atoms with E-state index in [9.17, 15) is 0 Å². The molecule has 0 fully saturated rings. The molecule has 2 unspecified atom stereocenters. The molecule has 2 aromatic rings. The van der Waals surface area contributed by atoms with E-state index in [2.05, 4.69) is 64.5 Å². The average molecular weight is 348 g/mol. The molecule has 1 heterocycles. The lowest BCUT2D eigenvalue weighted by Crippen LogP contribution is -2.25. The summed E-state index contributed by atoms with van der Waals surface area (Å²) in [7, 11) is 0. The van der Waals surface area contributed by atoms with Gasteiger partial charge in [0.05, 0.1) is 0 Å². The first-order valence-corrected chi connectivity index (χ1v) is 8.72. The van der Waals surface area contributed by atoms with Gasteiger partial charge in [-0.05, 0) is 48.1 Å². The van der Waals surface area contributed by atoms with Gasteiger partial charge in [-0.1, -0.05) is 46.3 Å². The molecular weight excluding hydrogens is 330 g/mol. The van der Waals surface area contributed by atoms with Crippen molar-refractivity contribution in [3.63, 3.8) is 0 Å². The first kappa shape index (κ1) is 14.2. The molecule has 0 bridgehead atoms. The molecule has 0 saturated carbocycles. The number of hydrogen-bond donors (Lipinski definition) is 1. The van der Waals surface area contributed by atoms with Crippen LogP contribution in [0.5, 0.6) is 0 Å². The second-order valence-corrected chi connectivity index (χ2v) is 7.35. The van der Waals surface area contributed by atoms with E-state index >= 15 is 0 Å². The van der Waals surface area contributed by atoms with E-state index in [1.807, 2.05) is 11.8 Å². The minimum Gasteiger partial charge on any atom is -0.327 e. The molecule has 1 aliphatic heterocycles. The quantitative estimate of drug-likeness (QED) is 0.874. The Labute approximate surface area is 133 Å². The van der Waals surface area contributed by atoms with Gasteiger partial charge in [0.2, 0.25) is 0 Å². The smallest absolute Gasteiger partial charge is 0.0178 e. The summed E-state index contributed by atoms with van der Waals surface area (Å²) in [5, 5.41) is 0. The van der Waals surface area contributed by atoms with Crippen molar-refractivity contribution in [3.05, 3.63) is 64.1 Å². The molecule has 1 nitrogen and oxygen atoms in total. The summed E-state index contributed by atoms with van der Waals surface area (Å²) in [4.78, 5) is 1.44. The number of hydrogen-bond acceptors (Lipinski definition) is 2. The van der Waals surface area contributed by atoms with Crippen LogP contribution < -0.4 is 5.73 Å². The molecule has 1 aliphatic rings. The fourth-order valence-corrected chi connectivity index (χ4v) is 4.56. The third kappa shape index (κ3) is 3.27. The van der Waals surface area contributed by atoms with Gasteiger partial charge in [-0.25, -0.2) is 0 Å². The molecule has 0 saturated heterocycles. The third-order valence-corrected chi connectivity index (χ3v) is 5.52. The molecule has 0 aliphatic carbocycles. The Morgan fingerprint density at radius 2 is 2.05 bits per heavy atom. The van der Waals surface area contributed by atoms with Crippen LogP contribution >= 0.6 is 27.7 Å². The SMILES string of the molecule is NC(Cc1cccc(Br)c1)CC1CSc2ccccc21. The number of nitrogens with two attached hydrogens (primary N) is 1. The van der Waals surface area contributed by atoms with E-state index in [0.717, 1.165) is 17.3 Å². The molecule has 0 aromatic heterocycles. The lowest BCUT2D eigenvalue weighted by Gasteiger charge is -2.17. The van der Waals surface area contributed by atoms with Crippen LogP contribution in [0.3, 0.4) is 0 Å². The van der Waals surface area contributed by atoms with Gasteiger partial charge in [0, 0.05) is 21.2 Å². The zero-order valence-corrected chi connectivity index (χ0v) is 13.7. The zero-order valence-electron chi connectivity index (χ0n) is 11.3. The molecule has 2 aromatic carbocycles. The Bertz CT molecular complexity index is 599. The van der Waals surface area contributed by atoms with Gasteiger partial charge >= 0.3 is 0 Å². The highest BCUT2D eigenvalue weighted by molar-refractivity contribution is 9.10. The minimum absolute atomic E-state index is 0.223. The van der Waals surface area contributed by atoms with Crippen molar-refractivity contribution in [2.24, 2.45) is 5.73 Å². The van der Waals surface area contributed by atoms with Crippen LogP contribution in [0.15, 0.2) is 57.9 Å². The van der Waals surface area contributed by atoms with Crippen molar-refractivity contribution in [2.45, 2.75) is 29.7 Å². The number of halogens is 1. The van der Waals surface area contributed by atoms with Gasteiger partial charge in [0.1, 0.15) is 0 Å². The van der Waals surface area contributed by atoms with Crippen molar-refractivity contribution in [1.29, 1.82) is 0 Å². The van der Waals surface area contributed by atoms with Crippen molar-refractivity contribution < 1.29 is 0 Å². The van der Waals surface area contributed by atoms with Gasteiger partial charge in [0.25, 0.3) is 0 Å². The van der Waals surface area contributed by atoms with Crippen LogP contribution in [-0.2, 0) is 6.42 Å². The van der Waals surface area contributed by atoms with Crippen LogP contribution in [0, 0.1) is 0 Å². The molecule has 0 radical (unpaired) electrons. The number of rotatable bonds is 4. The summed E-state index contributed by atoms with van der Waals surface area (Å²) in [5.41, 5.74) is 9.17. The fraction of sp³-hybridized carbons (Fsp3) is 0.294. The van der Waals surface area contributed by atoms with E-state index in [0.29, 0.717) is 5.92 Å². The molecule has 104 valence electrons. The Hall–Kier alpha value is -0.770. The summed E-state index contributed by atoms with van der Waals surface area (Å²) < 4.78 is 1.13. The maximum absolute atomic E-state index is 6.37. The Morgan fingerprint density at radius 1 is 1.20 bits per heavy atom. The molecule has 0 spiro atoms. The van der Waals surface area contributed by atoms with Gasteiger partial charge in [-0.15, -0.1) is 11.8 Å². The molecule has 0 amide bonds. The number of fused-ring (bicyclic) bond motifs is 1. The van der Waals surface area contributed by atoms with Gasteiger partial charge < -0.3 is 5.73 Å². The summed E-state index contributed by atoms with van der Waals surface area (Å²) in [6, 6.07) is 17.4. The van der Waals surface area contributed by atoms with E-state index in [4.69, 9.17) is 5.73 Å². The minimum atomic E-state index is 0.223. The van der Waals surface area contributed by atoms with E-state index in [1.165, 1.54) is 21.8 Å². The standard InChI is InChI=1S/C17H18BrNS/c18-14-5-3-4-12(8-14)9-15(19)10-13-11-20-17-7-2-1-6-16(13)17/h1-8,13,15H,9-11,19H2. The van der Waals surface area contributed by atoms with Crippen LogP contribution in [0.2, 0.25) is 0 Å². The monoisotopic (exact) mass is 347 g/mol. The van der Waals surface area contributed by atoms with Crippen LogP contribution in [0.1, 0.15) is 23.5 Å². The van der Waals surface area contributed by atoms with Gasteiger partial charge in [-0.3, -0.25) is 0 Å². The maximum Gasteiger partial charge on any atom is 0.0178 e. The Kier molecular flexibility index (Phi) is 4.49. The first-order valence-electron chi connectivity index (χ1n) is 6.94. The molecule has 3 rings (SSSR count). The summed E-state index contributed by atoms with van der Waals surface area (Å²) in [5.74, 6) is 1.78. The number of benzene rings is 2. The Balaban J connectivity index is 1.64.